The molecule has 1 radical (unpaired) electrons. The molecule has 3 heterocycles. The second-order valence-corrected chi connectivity index (χ2v) is 8.44. The predicted molar refractivity (Wildman–Crippen MR) is 80.4 cm³/mol. The van der Waals surface area contributed by atoms with E-state index in [2.05, 4.69) is 24.9 Å². The van der Waals surface area contributed by atoms with Crippen LogP contribution in [0.25, 0.3) is 17.0 Å². The van der Waals surface area contributed by atoms with E-state index in [1.807, 2.05) is 0 Å². The van der Waals surface area contributed by atoms with Gasteiger partial charge in [0.2, 0.25) is 0 Å². The van der Waals surface area contributed by atoms with E-state index in [4.69, 9.17) is 0 Å². The van der Waals surface area contributed by atoms with Crippen LogP contribution in [0.2, 0.25) is 4.71 Å². The molecule has 0 N–H and O–H groups in total. The number of halogens is 3. The van der Waals surface area contributed by atoms with Crippen molar-refractivity contribution in [2.75, 3.05) is 0 Å². The van der Waals surface area contributed by atoms with Crippen LogP contribution < -0.4 is 4.48 Å². The Hall–Kier alpha value is -2.02. The summed E-state index contributed by atoms with van der Waals surface area (Å²) in [6, 6.07) is 1.61. The van der Waals surface area contributed by atoms with Gasteiger partial charge in [-0.25, -0.2) is 0 Å². The molecule has 0 unspecified atom stereocenters. The van der Waals surface area contributed by atoms with E-state index in [0.717, 1.165) is 12.8 Å². The Balaban J connectivity index is 1.93. The first-order valence-corrected chi connectivity index (χ1v) is 9.27. The van der Waals surface area contributed by atoms with Gasteiger partial charge in [-0.3, -0.25) is 0 Å². The van der Waals surface area contributed by atoms with E-state index < -0.39 is 27.8 Å². The first-order valence-electron chi connectivity index (χ1n) is 7.25. The van der Waals surface area contributed by atoms with Gasteiger partial charge in [0.15, 0.2) is 0 Å². The Morgan fingerprint density at radius 2 is 1.96 bits per heavy atom. The molecule has 24 heavy (non-hydrogen) atoms. The fraction of sp³-hybridized carbons (Fsp3) is 0.357. The predicted octanol–water partition coefficient (Wildman–Crippen LogP) is 1.84. The van der Waals surface area contributed by atoms with Crippen LogP contribution in [0, 0.1) is 6.92 Å². The summed E-state index contributed by atoms with van der Waals surface area (Å²) in [5, 5.41) is 0. The molecule has 1 fully saturated rings. The van der Waals surface area contributed by atoms with E-state index in [1.54, 1.807) is 19.2 Å². The van der Waals surface area contributed by atoms with Crippen molar-refractivity contribution in [2.24, 2.45) is 0 Å². The van der Waals surface area contributed by atoms with Gasteiger partial charge in [-0.05, 0) is 0 Å². The minimum atomic E-state index is -4.59. The minimum absolute atomic E-state index is 0.140. The monoisotopic (exact) mass is 395 g/mol. The molecular formula is C14H11AsF3N6. The van der Waals surface area contributed by atoms with Crippen molar-refractivity contribution in [3.05, 3.63) is 30.2 Å². The van der Waals surface area contributed by atoms with Crippen LogP contribution in [-0.4, -0.2) is 45.2 Å². The fourth-order valence-electron chi connectivity index (χ4n) is 2.22. The maximum absolute atomic E-state index is 13.2. The van der Waals surface area contributed by atoms with Gasteiger partial charge in [0, 0.05) is 0 Å². The van der Waals surface area contributed by atoms with Gasteiger partial charge < -0.3 is 0 Å². The number of fused-ring (bicyclic) bond motifs is 1. The zero-order valence-corrected chi connectivity index (χ0v) is 14.4. The maximum atomic E-state index is 13.2. The summed E-state index contributed by atoms with van der Waals surface area (Å²) < 4.78 is 41.9. The third-order valence-electron chi connectivity index (χ3n) is 3.49. The Morgan fingerprint density at radius 1 is 1.17 bits per heavy atom. The number of hydrogen-bond donors (Lipinski definition) is 0. The second kappa shape index (κ2) is 5.51. The molecule has 1 saturated carbocycles. The van der Waals surface area contributed by atoms with Crippen LogP contribution >= 0.6 is 0 Å². The summed E-state index contributed by atoms with van der Waals surface area (Å²) >= 11 is -0.449. The van der Waals surface area contributed by atoms with Crippen molar-refractivity contribution in [1.82, 2.24) is 29.5 Å². The SMILES string of the molecule is Cc1nccc(-n2cnc3c([As]C4CC4)nc(C(F)(F)F)nc32)n1. The van der Waals surface area contributed by atoms with Crippen LogP contribution in [0.3, 0.4) is 0 Å². The Morgan fingerprint density at radius 3 is 2.62 bits per heavy atom. The number of aryl methyl sites for hydroxylation is 1. The van der Waals surface area contributed by atoms with Crippen LogP contribution in [0.15, 0.2) is 18.6 Å². The molecule has 0 amide bonds. The van der Waals surface area contributed by atoms with Gasteiger partial charge in [-0.15, -0.1) is 0 Å². The summed E-state index contributed by atoms with van der Waals surface area (Å²) in [7, 11) is 0. The molecule has 0 atom stereocenters. The van der Waals surface area contributed by atoms with Crippen molar-refractivity contribution >= 4 is 31.4 Å². The van der Waals surface area contributed by atoms with E-state index >= 15 is 0 Å². The average Bonchev–Trinajstić information content (AvgIpc) is 3.22. The summed E-state index contributed by atoms with van der Waals surface area (Å²) in [5.74, 6) is -0.164. The van der Waals surface area contributed by atoms with Crippen molar-refractivity contribution in [3.63, 3.8) is 0 Å². The topological polar surface area (TPSA) is 69.4 Å². The van der Waals surface area contributed by atoms with Gasteiger partial charge in [-0.1, -0.05) is 0 Å². The molecule has 0 spiro atoms. The molecule has 4 rings (SSSR count). The molecule has 1 aliphatic rings. The molecule has 0 saturated heterocycles. The van der Waals surface area contributed by atoms with E-state index in [9.17, 15) is 13.2 Å². The third kappa shape index (κ3) is 2.88. The quantitative estimate of drug-likeness (QED) is 0.634. The van der Waals surface area contributed by atoms with Gasteiger partial charge >= 0.3 is 141 Å². The molecular weight excluding hydrogens is 384 g/mol. The summed E-state index contributed by atoms with van der Waals surface area (Å²) in [6.07, 6.45) is 0.507. The van der Waals surface area contributed by atoms with Crippen molar-refractivity contribution < 1.29 is 13.2 Å². The molecule has 6 nitrogen and oxygen atoms in total. The Bertz CT molecular complexity index is 919. The average molecular weight is 395 g/mol. The molecule has 3 aromatic rings. The molecule has 1 aliphatic carbocycles. The first-order chi connectivity index (χ1) is 11.4. The van der Waals surface area contributed by atoms with Crippen LogP contribution in [0.1, 0.15) is 24.5 Å². The standard InChI is InChI=1S/C14H11AsF3N6/c1-7-19-5-4-9(21-7)24-6-20-10-11(15-8-2-3-8)22-13(14(16,17)18)23-12(10)24/h4-6,8H,2-3H2,1H3. The van der Waals surface area contributed by atoms with Crippen LogP contribution in [0.5, 0.6) is 0 Å². The number of aromatic nitrogens is 6. The second-order valence-electron chi connectivity index (χ2n) is 5.48. The normalized spacial score (nSPS) is 15.7. The molecule has 0 aliphatic heterocycles. The van der Waals surface area contributed by atoms with Gasteiger partial charge in [-0.2, -0.15) is 0 Å². The van der Waals surface area contributed by atoms with Crippen molar-refractivity contribution in [2.45, 2.75) is 30.6 Å². The van der Waals surface area contributed by atoms with E-state index in [1.165, 1.54) is 10.9 Å². The number of rotatable bonds is 3. The Kier molecular flexibility index (Phi) is 3.56. The number of nitrogens with zero attached hydrogens (tertiary/aromatic N) is 6. The van der Waals surface area contributed by atoms with Crippen molar-refractivity contribution in [1.29, 1.82) is 0 Å². The summed E-state index contributed by atoms with van der Waals surface area (Å²) in [6.45, 7) is 1.71. The van der Waals surface area contributed by atoms with Crippen molar-refractivity contribution in [3.8, 4) is 5.82 Å². The van der Waals surface area contributed by atoms with Crippen LogP contribution in [0.4, 0.5) is 13.2 Å². The van der Waals surface area contributed by atoms with Crippen LogP contribution in [-0.2, 0) is 6.18 Å². The molecule has 3 aromatic heterocycles. The summed E-state index contributed by atoms with van der Waals surface area (Å²) in [4.78, 5) is 20.0. The number of hydrogen-bond acceptors (Lipinski definition) is 5. The molecule has 10 heteroatoms. The summed E-state index contributed by atoms with van der Waals surface area (Å²) in [5.41, 5.74) is 0.576. The number of alkyl halides is 3. The van der Waals surface area contributed by atoms with Gasteiger partial charge in [0.25, 0.3) is 0 Å². The molecule has 123 valence electrons. The van der Waals surface area contributed by atoms with E-state index in [0.29, 0.717) is 26.3 Å². The molecule has 0 aromatic carbocycles. The number of imidazole rings is 1. The fourth-order valence-corrected chi connectivity index (χ4v) is 4.71. The zero-order valence-electron chi connectivity index (χ0n) is 12.5. The molecule has 0 bridgehead atoms. The zero-order chi connectivity index (χ0) is 16.9. The van der Waals surface area contributed by atoms with E-state index in [-0.39, 0.29) is 5.65 Å². The first kappa shape index (κ1) is 15.5. The Labute approximate surface area is 141 Å². The van der Waals surface area contributed by atoms with Gasteiger partial charge in [0.05, 0.1) is 0 Å². The van der Waals surface area contributed by atoms with Gasteiger partial charge in [0.1, 0.15) is 0 Å². The third-order valence-corrected chi connectivity index (χ3v) is 6.51.